The number of rotatable bonds is 4. The average Bonchev–Trinajstić information content (AvgIpc) is 2.37. The Kier molecular flexibility index (Phi) is 6.42. The molecule has 0 spiro atoms. The van der Waals surface area contributed by atoms with E-state index in [2.05, 4.69) is 10.0 Å². The molecule has 0 atom stereocenters. The summed E-state index contributed by atoms with van der Waals surface area (Å²) in [6, 6.07) is 3.22. The van der Waals surface area contributed by atoms with Gasteiger partial charge in [0.2, 0.25) is 10.0 Å². The van der Waals surface area contributed by atoms with Crippen LogP contribution in [0, 0.1) is 5.82 Å². The molecular formula is C12H15Cl2FN2O2S. The van der Waals surface area contributed by atoms with Gasteiger partial charge in [-0.05, 0) is 31.2 Å². The molecule has 1 aromatic rings. The lowest BCUT2D eigenvalue weighted by molar-refractivity contribution is 0.581. The topological polar surface area (TPSA) is 58.2 Å². The summed E-state index contributed by atoms with van der Waals surface area (Å²) >= 11 is 5.75. The number of hydrogen-bond donors (Lipinski definition) is 2. The predicted molar refractivity (Wildman–Crippen MR) is 79.4 cm³/mol. The van der Waals surface area contributed by atoms with E-state index in [9.17, 15) is 12.8 Å². The van der Waals surface area contributed by atoms with Crippen LogP contribution in [-0.4, -0.2) is 28.1 Å². The van der Waals surface area contributed by atoms with E-state index < -0.39 is 15.8 Å². The first-order valence-electron chi connectivity index (χ1n) is 5.82. The van der Waals surface area contributed by atoms with Crippen LogP contribution < -0.4 is 10.0 Å². The van der Waals surface area contributed by atoms with E-state index in [0.29, 0.717) is 0 Å². The second-order valence-electron chi connectivity index (χ2n) is 4.22. The van der Waals surface area contributed by atoms with E-state index >= 15 is 0 Å². The van der Waals surface area contributed by atoms with Crippen molar-refractivity contribution < 1.29 is 12.8 Å². The maximum absolute atomic E-state index is 12.9. The van der Waals surface area contributed by atoms with Crippen LogP contribution in [0.2, 0.25) is 5.02 Å². The zero-order valence-electron chi connectivity index (χ0n) is 10.5. The lowest BCUT2D eigenvalue weighted by Crippen LogP contribution is -2.29. The Labute approximate surface area is 128 Å². The summed E-state index contributed by atoms with van der Waals surface area (Å²) in [4.78, 5) is -0.106. The number of hydrogen-bond acceptors (Lipinski definition) is 3. The molecule has 0 unspecified atom stereocenters. The minimum Gasteiger partial charge on any atom is -0.313 e. The molecule has 0 fully saturated rings. The van der Waals surface area contributed by atoms with Crippen LogP contribution in [0.1, 0.15) is 6.42 Å². The maximum Gasteiger partial charge on any atom is 0.242 e. The Morgan fingerprint density at radius 3 is 2.75 bits per heavy atom. The monoisotopic (exact) mass is 340 g/mol. The van der Waals surface area contributed by atoms with Gasteiger partial charge in [0.1, 0.15) is 10.7 Å². The Morgan fingerprint density at radius 1 is 1.40 bits per heavy atom. The molecule has 8 heteroatoms. The Morgan fingerprint density at radius 2 is 2.15 bits per heavy atom. The molecule has 4 nitrogen and oxygen atoms in total. The van der Waals surface area contributed by atoms with Crippen LogP contribution >= 0.6 is 24.0 Å². The zero-order chi connectivity index (χ0) is 13.9. The Balaban J connectivity index is 0.00000200. The van der Waals surface area contributed by atoms with Crippen molar-refractivity contribution in [3.8, 4) is 0 Å². The van der Waals surface area contributed by atoms with E-state index in [1.54, 1.807) is 0 Å². The van der Waals surface area contributed by atoms with Gasteiger partial charge >= 0.3 is 0 Å². The van der Waals surface area contributed by atoms with Crippen LogP contribution in [-0.2, 0) is 10.0 Å². The molecular weight excluding hydrogens is 326 g/mol. The molecule has 0 radical (unpaired) electrons. The van der Waals surface area contributed by atoms with Crippen molar-refractivity contribution in [2.24, 2.45) is 0 Å². The van der Waals surface area contributed by atoms with Gasteiger partial charge in [-0.1, -0.05) is 23.3 Å². The lowest BCUT2D eigenvalue weighted by Gasteiger charge is -2.15. The van der Waals surface area contributed by atoms with Crippen molar-refractivity contribution in [1.82, 2.24) is 10.0 Å². The lowest BCUT2D eigenvalue weighted by atomic mass is 10.1. The fraction of sp³-hybridized carbons (Fsp3) is 0.333. The Hall–Kier alpha value is -0.660. The summed E-state index contributed by atoms with van der Waals surface area (Å²) in [5.74, 6) is -0.565. The highest BCUT2D eigenvalue weighted by molar-refractivity contribution is 7.89. The van der Waals surface area contributed by atoms with E-state index in [-0.39, 0.29) is 28.9 Å². The summed E-state index contributed by atoms with van der Waals surface area (Å²) in [5.41, 5.74) is 1.03. The molecule has 0 amide bonds. The summed E-state index contributed by atoms with van der Waals surface area (Å²) in [6.07, 6.45) is 2.76. The van der Waals surface area contributed by atoms with E-state index in [0.717, 1.165) is 43.3 Å². The zero-order valence-corrected chi connectivity index (χ0v) is 12.9. The van der Waals surface area contributed by atoms with Gasteiger partial charge in [0.25, 0.3) is 0 Å². The van der Waals surface area contributed by atoms with Crippen LogP contribution in [0.15, 0.2) is 34.7 Å². The van der Waals surface area contributed by atoms with Gasteiger partial charge in [0, 0.05) is 13.1 Å². The second kappa shape index (κ2) is 7.38. The van der Waals surface area contributed by atoms with Gasteiger partial charge in [0.15, 0.2) is 0 Å². The molecule has 1 aromatic carbocycles. The highest BCUT2D eigenvalue weighted by Crippen LogP contribution is 2.22. The first kappa shape index (κ1) is 17.4. The first-order valence-corrected chi connectivity index (χ1v) is 7.68. The Bertz CT molecular complexity index is 605. The SMILES string of the molecule is Cl.O=S(=O)(NCC1=CCNCC1)c1ccc(F)cc1Cl. The first-order chi connectivity index (χ1) is 8.99. The van der Waals surface area contributed by atoms with Gasteiger partial charge < -0.3 is 5.32 Å². The third-order valence-corrected chi connectivity index (χ3v) is 4.71. The maximum atomic E-state index is 12.9. The quantitative estimate of drug-likeness (QED) is 0.825. The number of nitrogens with one attached hydrogen (secondary N) is 2. The summed E-state index contributed by atoms with van der Waals surface area (Å²) in [5, 5.41) is 3.02. The second-order valence-corrected chi connectivity index (χ2v) is 6.36. The van der Waals surface area contributed by atoms with E-state index in [4.69, 9.17) is 11.6 Å². The fourth-order valence-corrected chi connectivity index (χ4v) is 3.35. The number of halogens is 3. The van der Waals surface area contributed by atoms with Crippen molar-refractivity contribution in [2.75, 3.05) is 19.6 Å². The third-order valence-electron chi connectivity index (χ3n) is 2.83. The van der Waals surface area contributed by atoms with Gasteiger partial charge in [0.05, 0.1) is 5.02 Å². The molecule has 0 aromatic heterocycles. The molecule has 20 heavy (non-hydrogen) atoms. The highest BCUT2D eigenvalue weighted by Gasteiger charge is 2.18. The number of sulfonamides is 1. The highest BCUT2D eigenvalue weighted by atomic mass is 35.5. The molecule has 0 aliphatic carbocycles. The molecule has 2 rings (SSSR count). The van der Waals surface area contributed by atoms with Crippen LogP contribution in [0.3, 0.4) is 0 Å². The molecule has 2 N–H and O–H groups in total. The smallest absolute Gasteiger partial charge is 0.242 e. The van der Waals surface area contributed by atoms with E-state index in [1.807, 2.05) is 6.08 Å². The molecule has 0 saturated carbocycles. The summed E-state index contributed by atoms with van der Waals surface area (Å²) in [7, 11) is -3.72. The minimum absolute atomic E-state index is 0. The molecule has 1 heterocycles. The predicted octanol–water partition coefficient (Wildman–Crippen LogP) is 2.10. The van der Waals surface area contributed by atoms with Gasteiger partial charge in [-0.2, -0.15) is 0 Å². The van der Waals surface area contributed by atoms with Crippen LogP contribution in [0.4, 0.5) is 4.39 Å². The van der Waals surface area contributed by atoms with Gasteiger partial charge in [-0.25, -0.2) is 17.5 Å². The van der Waals surface area contributed by atoms with Crippen LogP contribution in [0.5, 0.6) is 0 Å². The van der Waals surface area contributed by atoms with Crippen molar-refractivity contribution in [2.45, 2.75) is 11.3 Å². The van der Waals surface area contributed by atoms with Crippen molar-refractivity contribution in [1.29, 1.82) is 0 Å². The van der Waals surface area contributed by atoms with E-state index in [1.165, 1.54) is 0 Å². The summed E-state index contributed by atoms with van der Waals surface area (Å²) < 4.78 is 39.5. The molecule has 1 aliphatic heterocycles. The molecule has 0 bridgehead atoms. The summed E-state index contributed by atoms with van der Waals surface area (Å²) in [6.45, 7) is 1.83. The largest absolute Gasteiger partial charge is 0.313 e. The minimum atomic E-state index is -3.72. The van der Waals surface area contributed by atoms with Crippen LogP contribution in [0.25, 0.3) is 0 Å². The fourth-order valence-electron chi connectivity index (χ4n) is 1.79. The molecule has 0 saturated heterocycles. The standard InChI is InChI=1S/C12H14ClFN2O2S.ClH/c13-11-7-10(14)1-2-12(11)19(17,18)16-8-9-3-5-15-6-4-9;/h1-3,7,15-16H,4-6,8H2;1H. The number of benzene rings is 1. The normalized spacial score (nSPS) is 15.4. The van der Waals surface area contributed by atoms with Gasteiger partial charge in [-0.3, -0.25) is 0 Å². The van der Waals surface area contributed by atoms with Gasteiger partial charge in [-0.15, -0.1) is 12.4 Å². The third kappa shape index (κ3) is 4.43. The molecule has 1 aliphatic rings. The van der Waals surface area contributed by atoms with Crippen molar-refractivity contribution in [3.63, 3.8) is 0 Å². The van der Waals surface area contributed by atoms with Crippen molar-refractivity contribution >= 4 is 34.0 Å². The molecule has 112 valence electrons. The van der Waals surface area contributed by atoms with Crippen molar-refractivity contribution in [3.05, 3.63) is 40.7 Å². The average molecular weight is 341 g/mol.